The van der Waals surface area contributed by atoms with Crippen molar-refractivity contribution in [3.8, 4) is 11.5 Å². The topological polar surface area (TPSA) is 18.5 Å². The molecular weight excluding hydrogens is 200 g/mol. The summed E-state index contributed by atoms with van der Waals surface area (Å²) < 4.78 is 11.5. The van der Waals surface area contributed by atoms with E-state index in [0.29, 0.717) is 5.75 Å². The molecule has 0 spiro atoms. The van der Waals surface area contributed by atoms with Crippen LogP contribution in [0.5, 0.6) is 11.5 Å². The zero-order valence-corrected chi connectivity index (χ0v) is 11.0. The lowest BCUT2D eigenvalue weighted by Gasteiger charge is -2.24. The predicted octanol–water partition coefficient (Wildman–Crippen LogP) is 3.84. The van der Waals surface area contributed by atoms with Crippen molar-refractivity contribution in [1.29, 1.82) is 0 Å². The van der Waals surface area contributed by atoms with E-state index in [-0.39, 0.29) is 11.2 Å². The van der Waals surface area contributed by atoms with E-state index in [1.54, 1.807) is 0 Å². The summed E-state index contributed by atoms with van der Waals surface area (Å²) in [7, 11) is 0. The molecule has 0 aliphatic heterocycles. The second-order valence-corrected chi connectivity index (χ2v) is 5.82. The molecule has 89 valence electrons. The van der Waals surface area contributed by atoms with Crippen molar-refractivity contribution >= 4 is 0 Å². The average molecular weight is 221 g/mol. The molecule has 0 fully saturated rings. The van der Waals surface area contributed by atoms with Crippen molar-refractivity contribution in [1.82, 2.24) is 0 Å². The number of hydrogen-bond donors (Lipinski definition) is 0. The molecule has 0 amide bonds. The summed E-state index contributed by atoms with van der Waals surface area (Å²) in [5.41, 5.74) is -0.406. The summed E-state index contributed by atoms with van der Waals surface area (Å²) in [6.07, 6.45) is 0. The molecule has 0 unspecified atom stereocenters. The number of ether oxygens (including phenoxy) is 2. The normalized spacial score (nSPS) is 12.4. The van der Waals surface area contributed by atoms with E-state index in [1.165, 1.54) is 0 Å². The number of hydrogen-bond acceptors (Lipinski definition) is 2. The van der Waals surface area contributed by atoms with E-state index in [4.69, 9.17) is 9.47 Å². The van der Waals surface area contributed by atoms with Crippen molar-refractivity contribution in [3.63, 3.8) is 0 Å². The molecule has 0 aromatic heterocycles. The monoisotopic (exact) mass is 221 g/mol. The molecule has 0 atom stereocenters. The fourth-order valence-corrected chi connectivity index (χ4v) is 1.23. The van der Waals surface area contributed by atoms with E-state index in [1.807, 2.05) is 59.7 Å². The van der Waals surface area contributed by atoms with Crippen molar-refractivity contribution in [2.24, 2.45) is 0 Å². The predicted molar refractivity (Wildman–Crippen MR) is 66.0 cm³/mol. The quantitative estimate of drug-likeness (QED) is 0.755. The smallest absolute Gasteiger partial charge is 0.131 e. The van der Waals surface area contributed by atoms with Gasteiger partial charge in [-0.1, -0.05) is 0 Å². The Morgan fingerprint density at radius 2 is 1.50 bits per heavy atom. The second-order valence-electron chi connectivity index (χ2n) is 5.82. The molecule has 0 saturated carbocycles. The SMILES string of the molecule is CC(C)(C)Oc1[c]ccc(OC(C)(C)C)c1. The van der Waals surface area contributed by atoms with Crippen molar-refractivity contribution < 1.29 is 9.47 Å². The van der Waals surface area contributed by atoms with Gasteiger partial charge in [-0.25, -0.2) is 0 Å². The Balaban J connectivity index is 2.79. The molecule has 0 aliphatic rings. The van der Waals surface area contributed by atoms with Crippen LogP contribution in [0, 0.1) is 6.07 Å². The minimum atomic E-state index is -0.211. The summed E-state index contributed by atoms with van der Waals surface area (Å²) >= 11 is 0. The van der Waals surface area contributed by atoms with Gasteiger partial charge < -0.3 is 9.47 Å². The Morgan fingerprint density at radius 1 is 0.938 bits per heavy atom. The molecule has 16 heavy (non-hydrogen) atoms. The Hall–Kier alpha value is -1.18. The zero-order chi connectivity index (χ0) is 12.4. The van der Waals surface area contributed by atoms with Crippen LogP contribution < -0.4 is 9.47 Å². The van der Waals surface area contributed by atoms with Crippen LogP contribution in [-0.2, 0) is 0 Å². The maximum absolute atomic E-state index is 5.76. The first-order valence-electron chi connectivity index (χ1n) is 5.55. The highest BCUT2D eigenvalue weighted by Gasteiger charge is 2.14. The van der Waals surface area contributed by atoms with Crippen LogP contribution in [0.4, 0.5) is 0 Å². The summed E-state index contributed by atoms with van der Waals surface area (Å²) in [4.78, 5) is 0. The minimum Gasteiger partial charge on any atom is -0.488 e. The fraction of sp³-hybridized carbons (Fsp3) is 0.571. The zero-order valence-electron chi connectivity index (χ0n) is 11.0. The van der Waals surface area contributed by atoms with Gasteiger partial charge in [0.05, 0.1) is 0 Å². The molecule has 0 saturated heterocycles. The standard InChI is InChI=1S/C14H21O2/c1-13(2,3)15-11-8-7-9-12(10-11)16-14(4,5)6/h7-8,10H,1-6H3. The van der Waals surface area contributed by atoms with Crippen LogP contribution in [0.3, 0.4) is 0 Å². The summed E-state index contributed by atoms with van der Waals surface area (Å²) in [6.45, 7) is 12.1. The van der Waals surface area contributed by atoms with E-state index in [2.05, 4.69) is 6.07 Å². The van der Waals surface area contributed by atoms with Crippen LogP contribution in [0.25, 0.3) is 0 Å². The molecule has 1 aromatic carbocycles. The largest absolute Gasteiger partial charge is 0.488 e. The number of rotatable bonds is 2. The van der Waals surface area contributed by atoms with Gasteiger partial charge in [-0.3, -0.25) is 0 Å². The van der Waals surface area contributed by atoms with Crippen molar-refractivity contribution in [2.75, 3.05) is 0 Å². The minimum absolute atomic E-state index is 0.194. The molecule has 1 aromatic rings. The number of benzene rings is 1. The van der Waals surface area contributed by atoms with Gasteiger partial charge in [-0.15, -0.1) is 0 Å². The Labute approximate surface area is 98.6 Å². The van der Waals surface area contributed by atoms with E-state index in [9.17, 15) is 0 Å². The van der Waals surface area contributed by atoms with Crippen LogP contribution >= 0.6 is 0 Å². The van der Waals surface area contributed by atoms with Gasteiger partial charge in [0, 0.05) is 12.1 Å². The van der Waals surface area contributed by atoms with Crippen molar-refractivity contribution in [3.05, 3.63) is 24.3 Å². The van der Waals surface area contributed by atoms with Crippen LogP contribution in [0.15, 0.2) is 18.2 Å². The first-order chi connectivity index (χ1) is 7.16. The molecule has 0 aliphatic carbocycles. The molecule has 1 radical (unpaired) electrons. The molecule has 2 heteroatoms. The average Bonchev–Trinajstić information content (AvgIpc) is 1.96. The lowest BCUT2D eigenvalue weighted by molar-refractivity contribution is 0.121. The lowest BCUT2D eigenvalue weighted by Crippen LogP contribution is -2.24. The van der Waals surface area contributed by atoms with Gasteiger partial charge in [-0.2, -0.15) is 0 Å². The van der Waals surface area contributed by atoms with Gasteiger partial charge >= 0.3 is 0 Å². The third-order valence-corrected chi connectivity index (χ3v) is 1.59. The third-order valence-electron chi connectivity index (χ3n) is 1.59. The summed E-state index contributed by atoms with van der Waals surface area (Å²) in [6, 6.07) is 8.63. The molecule has 1 rings (SSSR count). The molecule has 0 bridgehead atoms. The molecule has 0 N–H and O–H groups in total. The van der Waals surface area contributed by atoms with Gasteiger partial charge in [0.15, 0.2) is 0 Å². The first-order valence-corrected chi connectivity index (χ1v) is 5.55. The van der Waals surface area contributed by atoms with Crippen LogP contribution in [0.2, 0.25) is 0 Å². The highest BCUT2D eigenvalue weighted by atomic mass is 16.5. The Kier molecular flexibility index (Phi) is 3.51. The molecule has 2 nitrogen and oxygen atoms in total. The summed E-state index contributed by atoms with van der Waals surface area (Å²) in [5.74, 6) is 1.53. The highest BCUT2D eigenvalue weighted by molar-refractivity contribution is 5.32. The lowest BCUT2D eigenvalue weighted by atomic mass is 10.2. The third kappa shape index (κ3) is 5.06. The highest BCUT2D eigenvalue weighted by Crippen LogP contribution is 2.25. The van der Waals surface area contributed by atoms with Gasteiger partial charge in [0.2, 0.25) is 0 Å². The maximum atomic E-state index is 5.76. The van der Waals surface area contributed by atoms with Gasteiger partial charge in [-0.05, 0) is 53.7 Å². The van der Waals surface area contributed by atoms with Crippen molar-refractivity contribution in [2.45, 2.75) is 52.7 Å². The van der Waals surface area contributed by atoms with E-state index in [0.717, 1.165) is 5.75 Å². The van der Waals surface area contributed by atoms with E-state index < -0.39 is 0 Å². The fourth-order valence-electron chi connectivity index (χ4n) is 1.23. The van der Waals surface area contributed by atoms with Gasteiger partial charge in [0.1, 0.15) is 22.7 Å². The first kappa shape index (κ1) is 12.9. The van der Waals surface area contributed by atoms with E-state index >= 15 is 0 Å². The molecule has 0 heterocycles. The second kappa shape index (κ2) is 4.36. The van der Waals surface area contributed by atoms with Crippen LogP contribution in [-0.4, -0.2) is 11.2 Å². The Bertz CT molecular complexity index is 311. The Morgan fingerprint density at radius 3 is 2.00 bits per heavy atom. The van der Waals surface area contributed by atoms with Gasteiger partial charge in [0.25, 0.3) is 0 Å². The maximum Gasteiger partial charge on any atom is 0.131 e. The molecular formula is C14H21O2. The summed E-state index contributed by atoms with van der Waals surface area (Å²) in [5, 5.41) is 0. The van der Waals surface area contributed by atoms with Crippen LogP contribution in [0.1, 0.15) is 41.5 Å².